The molecule has 1 saturated heterocycles. The molecule has 0 spiro atoms. The number of aliphatic hydroxyl groups is 3. The monoisotopic (exact) mass is 608 g/mol. The highest BCUT2D eigenvalue weighted by molar-refractivity contribution is 5.88. The Hall–Kier alpha value is -5.08. The maximum absolute atomic E-state index is 13.6. The highest BCUT2D eigenvalue weighted by Crippen LogP contribution is 2.39. The third-order valence-electron chi connectivity index (χ3n) is 6.94. The van der Waals surface area contributed by atoms with Crippen molar-refractivity contribution in [2.45, 2.75) is 37.6 Å². The van der Waals surface area contributed by atoms with E-state index in [1.807, 2.05) is 19.1 Å². The number of carbonyl (C=O) groups is 1. The molecule has 5 rings (SSSR count). The van der Waals surface area contributed by atoms with Crippen molar-refractivity contribution in [2.24, 2.45) is 0 Å². The van der Waals surface area contributed by atoms with Crippen molar-refractivity contribution < 1.29 is 59.2 Å². The molecule has 44 heavy (non-hydrogen) atoms. The molecule has 3 aromatic carbocycles. The number of carbonyl (C=O) groups excluding carboxylic acids is 1. The Bertz CT molecular complexity index is 1780. The predicted octanol–water partition coefficient (Wildman–Crippen LogP) is 2.03. The van der Waals surface area contributed by atoms with Gasteiger partial charge in [0.2, 0.25) is 17.5 Å². The molecular weight excluding hydrogens is 580 g/mol. The molecule has 13 nitrogen and oxygen atoms in total. The molecule has 230 valence electrons. The van der Waals surface area contributed by atoms with Crippen molar-refractivity contribution >= 4 is 23.0 Å². The molecule has 4 aromatic rings. The van der Waals surface area contributed by atoms with E-state index in [1.54, 1.807) is 12.1 Å². The van der Waals surface area contributed by atoms with Crippen LogP contribution >= 0.6 is 0 Å². The molecule has 7 N–H and O–H groups in total. The molecular formula is C31H28O13. The Morgan fingerprint density at radius 3 is 2.32 bits per heavy atom. The van der Waals surface area contributed by atoms with E-state index in [2.05, 4.69) is 0 Å². The second kappa shape index (κ2) is 12.3. The van der Waals surface area contributed by atoms with E-state index in [4.69, 9.17) is 18.6 Å². The molecule has 5 atom stereocenters. The number of hydrogen-bond donors (Lipinski definition) is 7. The third-order valence-corrected chi connectivity index (χ3v) is 6.94. The fourth-order valence-electron chi connectivity index (χ4n) is 4.55. The number of rotatable bonds is 7. The Morgan fingerprint density at radius 2 is 1.61 bits per heavy atom. The molecule has 0 saturated carbocycles. The van der Waals surface area contributed by atoms with Crippen LogP contribution in [0.1, 0.15) is 11.1 Å². The first kappa shape index (κ1) is 30.4. The number of aromatic hydroxyl groups is 4. The average Bonchev–Trinajstić information content (AvgIpc) is 2.98. The summed E-state index contributed by atoms with van der Waals surface area (Å²) >= 11 is 0. The van der Waals surface area contributed by atoms with Crippen LogP contribution in [-0.2, 0) is 14.3 Å². The van der Waals surface area contributed by atoms with Gasteiger partial charge in [-0.15, -0.1) is 0 Å². The molecule has 0 unspecified atom stereocenters. The lowest BCUT2D eigenvalue weighted by Gasteiger charge is -2.39. The van der Waals surface area contributed by atoms with E-state index in [-0.39, 0.29) is 16.9 Å². The van der Waals surface area contributed by atoms with Gasteiger partial charge in [-0.3, -0.25) is 4.79 Å². The second-order valence-corrected chi connectivity index (χ2v) is 10.1. The van der Waals surface area contributed by atoms with E-state index in [9.17, 15) is 45.3 Å². The summed E-state index contributed by atoms with van der Waals surface area (Å²) < 4.78 is 22.2. The molecule has 2 heterocycles. The lowest BCUT2D eigenvalue weighted by Crippen LogP contribution is -2.60. The number of phenolic OH excluding ortho intramolecular Hbond substituents is 4. The van der Waals surface area contributed by atoms with Crippen LogP contribution in [0.2, 0.25) is 0 Å². The van der Waals surface area contributed by atoms with E-state index in [0.717, 1.165) is 41.5 Å². The van der Waals surface area contributed by atoms with Gasteiger partial charge in [-0.2, -0.15) is 0 Å². The molecule has 0 aliphatic carbocycles. The van der Waals surface area contributed by atoms with Crippen LogP contribution in [0.3, 0.4) is 0 Å². The summed E-state index contributed by atoms with van der Waals surface area (Å²) in [4.78, 5) is 25.9. The van der Waals surface area contributed by atoms with Gasteiger partial charge in [0.1, 0.15) is 53.5 Å². The van der Waals surface area contributed by atoms with E-state index in [1.165, 1.54) is 12.1 Å². The fourth-order valence-corrected chi connectivity index (χ4v) is 4.55. The Kier molecular flexibility index (Phi) is 8.47. The molecule has 0 amide bonds. The predicted molar refractivity (Wildman–Crippen MR) is 153 cm³/mol. The van der Waals surface area contributed by atoms with E-state index < -0.39 is 82.8 Å². The van der Waals surface area contributed by atoms with Gasteiger partial charge >= 0.3 is 5.97 Å². The molecule has 1 aliphatic rings. The van der Waals surface area contributed by atoms with Crippen LogP contribution in [0.4, 0.5) is 0 Å². The quantitative estimate of drug-likeness (QED) is 0.0909. The van der Waals surface area contributed by atoms with Crippen molar-refractivity contribution in [2.75, 3.05) is 6.61 Å². The van der Waals surface area contributed by atoms with Gasteiger partial charge in [0, 0.05) is 23.8 Å². The second-order valence-electron chi connectivity index (χ2n) is 10.1. The van der Waals surface area contributed by atoms with Crippen molar-refractivity contribution in [1.82, 2.24) is 0 Å². The van der Waals surface area contributed by atoms with Crippen molar-refractivity contribution in [3.63, 3.8) is 0 Å². The Labute approximate surface area is 248 Å². The van der Waals surface area contributed by atoms with Gasteiger partial charge < -0.3 is 54.4 Å². The first-order valence-corrected chi connectivity index (χ1v) is 13.3. The first-order chi connectivity index (χ1) is 20.9. The number of benzene rings is 3. The Balaban J connectivity index is 1.43. The lowest BCUT2D eigenvalue weighted by atomic mass is 9.99. The standard InChI is InChI=1S/C31H28O13/c1-14-2-4-15(5-3-14)6-9-23(36)41-13-22-25(37)27(39)28(40)31(43-22)44-30-26(38)24-20(35)11-17(32)12-21(24)42-29(30)16-7-8-18(33)19(34)10-16/h2-12,22,25,27-28,31-35,37,39-40H,13H2,1H3/b9-6+/t22-,25+,27+,28-,31+/m1/s1. The van der Waals surface area contributed by atoms with Gasteiger partial charge in [-0.05, 0) is 36.8 Å². The number of hydrogen-bond acceptors (Lipinski definition) is 13. The van der Waals surface area contributed by atoms with Crippen LogP contribution in [0.25, 0.3) is 28.4 Å². The number of aryl methyl sites for hydroxylation is 1. The first-order valence-electron chi connectivity index (χ1n) is 13.3. The van der Waals surface area contributed by atoms with Crippen LogP contribution in [0, 0.1) is 6.92 Å². The highest BCUT2D eigenvalue weighted by atomic mass is 16.7. The highest BCUT2D eigenvalue weighted by Gasteiger charge is 2.46. The number of ether oxygens (including phenoxy) is 3. The maximum Gasteiger partial charge on any atom is 0.330 e. The third kappa shape index (κ3) is 6.16. The SMILES string of the molecule is Cc1ccc(/C=C/C(=O)OC[C@H]2O[C@@H](Oc3c(-c4ccc(O)c(O)c4)oc4cc(O)cc(O)c4c3=O)[C@H](O)[C@@H](O)[C@H]2O)cc1. The van der Waals surface area contributed by atoms with E-state index in [0.29, 0.717) is 0 Å². The van der Waals surface area contributed by atoms with Crippen molar-refractivity contribution in [3.05, 3.63) is 82.0 Å². The van der Waals surface area contributed by atoms with Gasteiger partial charge in [-0.1, -0.05) is 29.8 Å². The number of phenols is 4. The molecule has 1 aliphatic heterocycles. The maximum atomic E-state index is 13.6. The number of aliphatic hydroxyl groups excluding tert-OH is 3. The zero-order chi connectivity index (χ0) is 31.7. The van der Waals surface area contributed by atoms with Crippen LogP contribution in [0.15, 0.2) is 69.9 Å². The molecule has 1 fully saturated rings. The minimum atomic E-state index is -1.93. The zero-order valence-corrected chi connectivity index (χ0v) is 23.0. The van der Waals surface area contributed by atoms with Crippen molar-refractivity contribution in [3.8, 4) is 40.1 Å². The summed E-state index contributed by atoms with van der Waals surface area (Å²) in [5, 5.41) is 71.3. The van der Waals surface area contributed by atoms with Crippen molar-refractivity contribution in [1.29, 1.82) is 0 Å². The average molecular weight is 609 g/mol. The van der Waals surface area contributed by atoms with E-state index >= 15 is 0 Å². The summed E-state index contributed by atoms with van der Waals surface area (Å²) in [6, 6.07) is 12.7. The van der Waals surface area contributed by atoms with Crippen LogP contribution in [0.5, 0.6) is 28.7 Å². The largest absolute Gasteiger partial charge is 0.508 e. The topological polar surface area (TPSA) is 217 Å². The van der Waals surface area contributed by atoms with Gasteiger partial charge in [0.05, 0.1) is 0 Å². The smallest absolute Gasteiger partial charge is 0.330 e. The fraction of sp³-hybridized carbons (Fsp3) is 0.226. The lowest BCUT2D eigenvalue weighted by molar-refractivity contribution is -0.278. The summed E-state index contributed by atoms with van der Waals surface area (Å²) in [7, 11) is 0. The van der Waals surface area contributed by atoms with Gasteiger partial charge in [0.25, 0.3) is 0 Å². The summed E-state index contributed by atoms with van der Waals surface area (Å²) in [5.41, 5.74) is 0.505. The molecule has 0 bridgehead atoms. The minimum Gasteiger partial charge on any atom is -0.508 e. The van der Waals surface area contributed by atoms with Gasteiger partial charge in [0.15, 0.2) is 17.3 Å². The molecule has 13 heteroatoms. The number of esters is 1. The van der Waals surface area contributed by atoms with Gasteiger partial charge in [-0.25, -0.2) is 4.79 Å². The zero-order valence-electron chi connectivity index (χ0n) is 23.0. The number of fused-ring (bicyclic) bond motifs is 1. The summed E-state index contributed by atoms with van der Waals surface area (Å²) in [6.07, 6.45) is -6.13. The summed E-state index contributed by atoms with van der Waals surface area (Å²) in [6.45, 7) is 1.34. The summed E-state index contributed by atoms with van der Waals surface area (Å²) in [5.74, 6) is -3.98. The normalized spacial score (nSPS) is 21.9. The van der Waals surface area contributed by atoms with Crippen LogP contribution in [-0.4, -0.2) is 79.0 Å². The Morgan fingerprint density at radius 1 is 0.886 bits per heavy atom. The minimum absolute atomic E-state index is 0.00569. The van der Waals surface area contributed by atoms with Crippen LogP contribution < -0.4 is 10.2 Å². The molecule has 0 radical (unpaired) electrons. The molecule has 1 aromatic heterocycles.